The largest absolute Gasteiger partial charge is 0.550 e. The smallest absolute Gasteiger partial charge is 0.340 e. The molecular formula is C23H24NO6-. The molecule has 2 aromatic heterocycles. The third-order valence-electron chi connectivity index (χ3n) is 5.94. The minimum Gasteiger partial charge on any atom is -0.550 e. The molecule has 0 radical (unpaired) electrons. The lowest BCUT2D eigenvalue weighted by atomic mass is 9.93. The van der Waals surface area contributed by atoms with Gasteiger partial charge in [0.05, 0.1) is 12.0 Å². The monoisotopic (exact) mass is 410 g/mol. The zero-order valence-corrected chi connectivity index (χ0v) is 17.2. The number of aliphatic carboxylic acids is 1. The first kappa shape index (κ1) is 20.2. The molecule has 7 nitrogen and oxygen atoms in total. The van der Waals surface area contributed by atoms with Crippen LogP contribution in [-0.2, 0) is 28.9 Å². The number of benzene rings is 1. The number of rotatable bonds is 6. The van der Waals surface area contributed by atoms with Crippen LogP contribution in [0.25, 0.3) is 21.9 Å². The molecular weight excluding hydrogens is 386 g/mol. The van der Waals surface area contributed by atoms with E-state index in [2.05, 4.69) is 5.32 Å². The van der Waals surface area contributed by atoms with Crippen molar-refractivity contribution in [3.63, 3.8) is 0 Å². The van der Waals surface area contributed by atoms with Crippen LogP contribution in [0.5, 0.6) is 0 Å². The predicted octanol–water partition coefficient (Wildman–Crippen LogP) is 2.22. The van der Waals surface area contributed by atoms with Crippen molar-refractivity contribution in [1.29, 1.82) is 0 Å². The summed E-state index contributed by atoms with van der Waals surface area (Å²) in [4.78, 5) is 35.3. The molecule has 3 aromatic rings. The highest BCUT2D eigenvalue weighted by Gasteiger charge is 2.23. The van der Waals surface area contributed by atoms with Gasteiger partial charge < -0.3 is 24.1 Å². The van der Waals surface area contributed by atoms with Crippen LogP contribution in [0.4, 0.5) is 0 Å². The number of hydrogen-bond donors (Lipinski definition) is 1. The number of nitrogens with one attached hydrogen (secondary N) is 1. The van der Waals surface area contributed by atoms with Gasteiger partial charge in [-0.3, -0.25) is 4.79 Å². The Hall–Kier alpha value is -3.09. The van der Waals surface area contributed by atoms with Gasteiger partial charge in [-0.25, -0.2) is 4.79 Å². The second-order valence-corrected chi connectivity index (χ2v) is 7.96. The van der Waals surface area contributed by atoms with Crippen molar-refractivity contribution in [3.05, 3.63) is 44.5 Å². The van der Waals surface area contributed by atoms with Crippen LogP contribution in [0.2, 0.25) is 0 Å². The predicted molar refractivity (Wildman–Crippen MR) is 109 cm³/mol. The van der Waals surface area contributed by atoms with Crippen molar-refractivity contribution in [2.45, 2.75) is 58.8 Å². The Labute approximate surface area is 173 Å². The fourth-order valence-corrected chi connectivity index (χ4v) is 4.30. The van der Waals surface area contributed by atoms with E-state index in [-0.39, 0.29) is 31.7 Å². The minimum atomic E-state index is -1.15. The van der Waals surface area contributed by atoms with Gasteiger partial charge in [0.25, 0.3) is 0 Å². The van der Waals surface area contributed by atoms with Gasteiger partial charge in [-0.1, -0.05) is 0 Å². The Morgan fingerprint density at radius 2 is 1.80 bits per heavy atom. The maximum atomic E-state index is 12.6. The summed E-state index contributed by atoms with van der Waals surface area (Å²) in [6.07, 6.45) is 4.18. The molecule has 1 aromatic carbocycles. The highest BCUT2D eigenvalue weighted by atomic mass is 16.4. The van der Waals surface area contributed by atoms with Crippen LogP contribution in [0.1, 0.15) is 53.7 Å². The quantitative estimate of drug-likeness (QED) is 0.493. The van der Waals surface area contributed by atoms with Gasteiger partial charge in [-0.2, -0.15) is 0 Å². The topological polar surface area (TPSA) is 113 Å². The molecule has 1 N–H and O–H groups in total. The summed E-state index contributed by atoms with van der Waals surface area (Å²) in [6, 6.07) is 2.02. The molecule has 2 heterocycles. The summed E-state index contributed by atoms with van der Waals surface area (Å²) in [5, 5.41) is 15.0. The molecule has 0 bridgehead atoms. The third-order valence-corrected chi connectivity index (χ3v) is 5.94. The van der Waals surface area contributed by atoms with E-state index >= 15 is 0 Å². The highest BCUT2D eigenvalue weighted by molar-refractivity contribution is 6.00. The van der Waals surface area contributed by atoms with Crippen LogP contribution in [0, 0.1) is 13.8 Å². The fraction of sp³-hybridized carbons (Fsp3) is 0.435. The first-order chi connectivity index (χ1) is 14.4. The summed E-state index contributed by atoms with van der Waals surface area (Å²) in [5.74, 6) is -0.481. The van der Waals surface area contributed by atoms with E-state index in [0.29, 0.717) is 11.1 Å². The van der Waals surface area contributed by atoms with Gasteiger partial charge in [0.2, 0.25) is 5.91 Å². The number of furan rings is 1. The zero-order chi connectivity index (χ0) is 21.4. The van der Waals surface area contributed by atoms with E-state index in [9.17, 15) is 19.5 Å². The first-order valence-corrected chi connectivity index (χ1v) is 10.3. The van der Waals surface area contributed by atoms with Gasteiger partial charge in [0, 0.05) is 40.8 Å². The normalized spacial score (nSPS) is 13.5. The molecule has 158 valence electrons. The maximum absolute atomic E-state index is 12.6. The van der Waals surface area contributed by atoms with E-state index in [0.717, 1.165) is 58.9 Å². The molecule has 0 saturated carbocycles. The highest BCUT2D eigenvalue weighted by Crippen LogP contribution is 2.37. The lowest BCUT2D eigenvalue weighted by Gasteiger charge is -2.11. The molecule has 0 fully saturated rings. The Morgan fingerprint density at radius 1 is 1.07 bits per heavy atom. The SMILES string of the molecule is Cc1c(CC(=O)NCCCC(=O)[O-])c(=O)oc2c(C)c3oc4c(c3cc12)CCCC4. The van der Waals surface area contributed by atoms with Gasteiger partial charge in [-0.15, -0.1) is 0 Å². The number of carbonyl (C=O) groups excluding carboxylic acids is 2. The second-order valence-electron chi connectivity index (χ2n) is 7.96. The molecule has 0 aliphatic heterocycles. The Morgan fingerprint density at radius 3 is 2.57 bits per heavy atom. The summed E-state index contributed by atoms with van der Waals surface area (Å²) in [7, 11) is 0. The molecule has 1 amide bonds. The van der Waals surface area contributed by atoms with Crippen molar-refractivity contribution in [3.8, 4) is 0 Å². The number of carbonyl (C=O) groups is 2. The summed E-state index contributed by atoms with van der Waals surface area (Å²) in [6.45, 7) is 3.94. The minimum absolute atomic E-state index is 0.115. The molecule has 0 unspecified atom stereocenters. The summed E-state index contributed by atoms with van der Waals surface area (Å²) < 4.78 is 11.7. The second kappa shape index (κ2) is 7.97. The molecule has 1 aliphatic rings. The molecule has 30 heavy (non-hydrogen) atoms. The van der Waals surface area contributed by atoms with E-state index in [1.807, 2.05) is 19.9 Å². The van der Waals surface area contributed by atoms with Crippen LogP contribution in [0.3, 0.4) is 0 Å². The number of fused-ring (bicyclic) bond motifs is 4. The van der Waals surface area contributed by atoms with Gasteiger partial charge in [0.15, 0.2) is 0 Å². The molecule has 7 heteroatoms. The van der Waals surface area contributed by atoms with Crippen molar-refractivity contribution in [1.82, 2.24) is 5.32 Å². The van der Waals surface area contributed by atoms with Crippen molar-refractivity contribution < 1.29 is 23.5 Å². The molecule has 0 saturated heterocycles. The van der Waals surface area contributed by atoms with Gasteiger partial charge >= 0.3 is 5.63 Å². The zero-order valence-electron chi connectivity index (χ0n) is 17.2. The van der Waals surface area contributed by atoms with Crippen molar-refractivity contribution in [2.24, 2.45) is 0 Å². The number of carboxylic acids is 1. The van der Waals surface area contributed by atoms with E-state index < -0.39 is 11.6 Å². The fourth-order valence-electron chi connectivity index (χ4n) is 4.30. The van der Waals surface area contributed by atoms with Crippen LogP contribution < -0.4 is 16.0 Å². The Bertz CT molecular complexity index is 1220. The average molecular weight is 410 g/mol. The molecule has 0 spiro atoms. The Kier molecular flexibility index (Phi) is 5.37. The third kappa shape index (κ3) is 3.60. The molecule has 0 atom stereocenters. The molecule has 4 rings (SSSR count). The first-order valence-electron chi connectivity index (χ1n) is 10.3. The Balaban J connectivity index is 1.70. The van der Waals surface area contributed by atoms with E-state index in [4.69, 9.17) is 8.83 Å². The lowest BCUT2D eigenvalue weighted by molar-refractivity contribution is -0.305. The summed E-state index contributed by atoms with van der Waals surface area (Å²) >= 11 is 0. The molecule has 1 aliphatic carbocycles. The van der Waals surface area contributed by atoms with Gasteiger partial charge in [0.1, 0.15) is 16.9 Å². The van der Waals surface area contributed by atoms with Crippen LogP contribution >= 0.6 is 0 Å². The van der Waals surface area contributed by atoms with E-state index in [1.54, 1.807) is 0 Å². The van der Waals surface area contributed by atoms with Crippen molar-refractivity contribution in [2.75, 3.05) is 6.54 Å². The number of amides is 1. The van der Waals surface area contributed by atoms with Crippen LogP contribution in [0.15, 0.2) is 19.7 Å². The van der Waals surface area contributed by atoms with E-state index in [1.165, 1.54) is 5.56 Å². The number of hydrogen-bond acceptors (Lipinski definition) is 6. The summed E-state index contributed by atoms with van der Waals surface area (Å²) in [5.41, 5.74) is 3.81. The lowest BCUT2D eigenvalue weighted by Crippen LogP contribution is -2.30. The maximum Gasteiger partial charge on any atom is 0.340 e. The van der Waals surface area contributed by atoms with Crippen LogP contribution in [-0.4, -0.2) is 18.4 Å². The van der Waals surface area contributed by atoms with Crippen molar-refractivity contribution >= 4 is 33.8 Å². The standard InChI is InChI=1S/C23H25NO6/c1-12-15-10-17-14-6-3-4-7-18(14)29-22(17)13(2)21(15)30-23(28)16(12)11-19(25)24-9-5-8-20(26)27/h10H,3-9,11H2,1-2H3,(H,24,25)(H,26,27)/p-1. The number of carboxylic acid groups (broad SMARTS) is 1. The average Bonchev–Trinajstić information content (AvgIpc) is 3.09. The van der Waals surface area contributed by atoms with Gasteiger partial charge in [-0.05, 0) is 57.6 Å². The number of aryl methyl sites for hydroxylation is 4.